The molecule has 0 aromatic carbocycles. The van der Waals surface area contributed by atoms with Crippen LogP contribution < -0.4 is 5.32 Å². The third-order valence-electron chi connectivity index (χ3n) is 2.65. The lowest BCUT2D eigenvalue weighted by molar-refractivity contribution is -0.143. The standard InChI is InChI=1S/C12H23NO3/c1-4-5-6-7-11(14)13-8-10(9(2)3)12(15)16/h9-10H,4-8H2,1-3H3,(H,13,14)(H,15,16). The number of carboxylic acid groups (broad SMARTS) is 1. The number of nitrogens with one attached hydrogen (secondary N) is 1. The van der Waals surface area contributed by atoms with Crippen molar-refractivity contribution in [2.24, 2.45) is 11.8 Å². The molecule has 0 rings (SSSR count). The number of hydrogen-bond acceptors (Lipinski definition) is 2. The van der Waals surface area contributed by atoms with E-state index in [0.717, 1.165) is 19.3 Å². The molecule has 1 atom stereocenters. The minimum Gasteiger partial charge on any atom is -0.481 e. The Morgan fingerprint density at radius 3 is 2.31 bits per heavy atom. The first kappa shape index (κ1) is 14.9. The quantitative estimate of drug-likeness (QED) is 0.626. The molecule has 0 radical (unpaired) electrons. The summed E-state index contributed by atoms with van der Waals surface area (Å²) in [7, 11) is 0. The van der Waals surface area contributed by atoms with Crippen LogP contribution in [-0.2, 0) is 9.59 Å². The van der Waals surface area contributed by atoms with Gasteiger partial charge < -0.3 is 10.4 Å². The molecule has 94 valence electrons. The SMILES string of the molecule is CCCCCC(=O)NCC(C(=O)O)C(C)C. The predicted molar refractivity (Wildman–Crippen MR) is 63.1 cm³/mol. The minimum atomic E-state index is -0.844. The van der Waals surface area contributed by atoms with E-state index in [1.54, 1.807) is 0 Å². The minimum absolute atomic E-state index is 0.0356. The van der Waals surface area contributed by atoms with E-state index in [4.69, 9.17) is 5.11 Å². The van der Waals surface area contributed by atoms with E-state index in [0.29, 0.717) is 6.42 Å². The normalized spacial score (nSPS) is 12.5. The highest BCUT2D eigenvalue weighted by molar-refractivity contribution is 5.77. The van der Waals surface area contributed by atoms with E-state index >= 15 is 0 Å². The zero-order chi connectivity index (χ0) is 12.6. The Balaban J connectivity index is 3.83. The lowest BCUT2D eigenvalue weighted by atomic mass is 9.96. The molecule has 0 heterocycles. The number of rotatable bonds is 8. The summed E-state index contributed by atoms with van der Waals surface area (Å²) in [6.07, 6.45) is 3.50. The second-order valence-corrected chi connectivity index (χ2v) is 4.45. The summed E-state index contributed by atoms with van der Waals surface area (Å²) in [5.41, 5.74) is 0. The Morgan fingerprint density at radius 1 is 1.25 bits per heavy atom. The molecule has 1 unspecified atom stereocenters. The third kappa shape index (κ3) is 6.43. The van der Waals surface area contributed by atoms with Crippen molar-refractivity contribution in [1.82, 2.24) is 5.32 Å². The second-order valence-electron chi connectivity index (χ2n) is 4.45. The van der Waals surface area contributed by atoms with Gasteiger partial charge in [0.15, 0.2) is 0 Å². The number of carbonyl (C=O) groups excluding carboxylic acids is 1. The van der Waals surface area contributed by atoms with Crippen LogP contribution in [0.2, 0.25) is 0 Å². The topological polar surface area (TPSA) is 66.4 Å². The lowest BCUT2D eigenvalue weighted by Crippen LogP contribution is -2.35. The van der Waals surface area contributed by atoms with E-state index in [9.17, 15) is 9.59 Å². The molecule has 0 bridgehead atoms. The highest BCUT2D eigenvalue weighted by Crippen LogP contribution is 2.09. The summed E-state index contributed by atoms with van der Waals surface area (Å²) < 4.78 is 0. The van der Waals surface area contributed by atoms with Crippen molar-refractivity contribution in [3.05, 3.63) is 0 Å². The number of carbonyl (C=O) groups is 2. The van der Waals surface area contributed by atoms with Crippen molar-refractivity contribution >= 4 is 11.9 Å². The molecule has 0 saturated carbocycles. The molecule has 0 aliphatic heterocycles. The van der Waals surface area contributed by atoms with Gasteiger partial charge in [0.25, 0.3) is 0 Å². The summed E-state index contributed by atoms with van der Waals surface area (Å²) in [5.74, 6) is -1.34. The van der Waals surface area contributed by atoms with Gasteiger partial charge >= 0.3 is 5.97 Å². The van der Waals surface area contributed by atoms with Gasteiger partial charge in [-0.2, -0.15) is 0 Å². The highest BCUT2D eigenvalue weighted by atomic mass is 16.4. The van der Waals surface area contributed by atoms with Crippen LogP contribution in [0.5, 0.6) is 0 Å². The molecule has 0 aliphatic carbocycles. The van der Waals surface area contributed by atoms with Gasteiger partial charge in [-0.15, -0.1) is 0 Å². The molecule has 2 N–H and O–H groups in total. The first-order valence-corrected chi connectivity index (χ1v) is 5.98. The summed E-state index contributed by atoms with van der Waals surface area (Å²) in [5, 5.41) is 11.6. The van der Waals surface area contributed by atoms with Crippen molar-refractivity contribution in [3.8, 4) is 0 Å². The van der Waals surface area contributed by atoms with Crippen LogP contribution in [0, 0.1) is 11.8 Å². The number of amides is 1. The van der Waals surface area contributed by atoms with Gasteiger partial charge in [-0.3, -0.25) is 9.59 Å². The summed E-state index contributed by atoms with van der Waals surface area (Å²) >= 11 is 0. The Hall–Kier alpha value is -1.06. The number of aliphatic carboxylic acids is 1. The largest absolute Gasteiger partial charge is 0.481 e. The fourth-order valence-corrected chi connectivity index (χ4v) is 1.46. The summed E-state index contributed by atoms with van der Waals surface area (Å²) in [4.78, 5) is 22.2. The number of hydrogen-bond donors (Lipinski definition) is 2. The lowest BCUT2D eigenvalue weighted by Gasteiger charge is -2.16. The van der Waals surface area contributed by atoms with E-state index in [2.05, 4.69) is 12.2 Å². The van der Waals surface area contributed by atoms with Gasteiger partial charge in [0.05, 0.1) is 5.92 Å². The van der Waals surface area contributed by atoms with Crippen LogP contribution in [0.3, 0.4) is 0 Å². The monoisotopic (exact) mass is 229 g/mol. The van der Waals surface area contributed by atoms with Crippen LogP contribution >= 0.6 is 0 Å². The van der Waals surface area contributed by atoms with Crippen molar-refractivity contribution in [2.75, 3.05) is 6.54 Å². The van der Waals surface area contributed by atoms with E-state index in [1.165, 1.54) is 0 Å². The number of unbranched alkanes of at least 4 members (excludes halogenated alkanes) is 2. The van der Waals surface area contributed by atoms with Gasteiger partial charge in [-0.25, -0.2) is 0 Å². The molecule has 4 nitrogen and oxygen atoms in total. The zero-order valence-corrected chi connectivity index (χ0v) is 10.5. The first-order valence-electron chi connectivity index (χ1n) is 5.98. The average Bonchev–Trinajstić information content (AvgIpc) is 2.17. The molecule has 0 spiro atoms. The highest BCUT2D eigenvalue weighted by Gasteiger charge is 2.21. The van der Waals surface area contributed by atoms with Crippen LogP contribution in [0.1, 0.15) is 46.5 Å². The molecule has 0 aliphatic rings. The van der Waals surface area contributed by atoms with Crippen LogP contribution in [-0.4, -0.2) is 23.5 Å². The van der Waals surface area contributed by atoms with Crippen LogP contribution in [0.15, 0.2) is 0 Å². The molecular formula is C12H23NO3. The van der Waals surface area contributed by atoms with E-state index in [-0.39, 0.29) is 18.4 Å². The van der Waals surface area contributed by atoms with Gasteiger partial charge in [-0.1, -0.05) is 33.6 Å². The maximum atomic E-state index is 11.4. The number of carboxylic acids is 1. The van der Waals surface area contributed by atoms with Crippen molar-refractivity contribution in [2.45, 2.75) is 46.5 Å². The van der Waals surface area contributed by atoms with Crippen molar-refractivity contribution in [3.63, 3.8) is 0 Å². The Bertz CT molecular complexity index is 226. The van der Waals surface area contributed by atoms with Crippen molar-refractivity contribution < 1.29 is 14.7 Å². The molecule has 0 aromatic heterocycles. The molecule has 4 heteroatoms. The van der Waals surface area contributed by atoms with Gasteiger partial charge in [-0.05, 0) is 12.3 Å². The molecule has 0 fully saturated rings. The van der Waals surface area contributed by atoms with E-state index in [1.807, 2.05) is 13.8 Å². The molecule has 0 aromatic rings. The van der Waals surface area contributed by atoms with E-state index < -0.39 is 11.9 Å². The first-order chi connectivity index (χ1) is 7.49. The van der Waals surface area contributed by atoms with Crippen molar-refractivity contribution in [1.29, 1.82) is 0 Å². The molecular weight excluding hydrogens is 206 g/mol. The Labute approximate surface area is 97.4 Å². The smallest absolute Gasteiger partial charge is 0.308 e. The molecule has 16 heavy (non-hydrogen) atoms. The predicted octanol–water partition coefficient (Wildman–Crippen LogP) is 2.04. The Morgan fingerprint density at radius 2 is 1.88 bits per heavy atom. The van der Waals surface area contributed by atoms with Gasteiger partial charge in [0, 0.05) is 13.0 Å². The average molecular weight is 229 g/mol. The van der Waals surface area contributed by atoms with Gasteiger partial charge in [0.1, 0.15) is 0 Å². The Kier molecular flexibility index (Phi) is 7.60. The molecule has 1 amide bonds. The third-order valence-corrected chi connectivity index (χ3v) is 2.65. The zero-order valence-electron chi connectivity index (χ0n) is 10.5. The van der Waals surface area contributed by atoms with Crippen LogP contribution in [0.25, 0.3) is 0 Å². The maximum Gasteiger partial charge on any atom is 0.308 e. The second kappa shape index (κ2) is 8.13. The summed E-state index contributed by atoms with van der Waals surface area (Å²) in [6, 6.07) is 0. The van der Waals surface area contributed by atoms with Crippen LogP contribution in [0.4, 0.5) is 0 Å². The fourth-order valence-electron chi connectivity index (χ4n) is 1.46. The fraction of sp³-hybridized carbons (Fsp3) is 0.833. The maximum absolute atomic E-state index is 11.4. The molecule has 0 saturated heterocycles. The summed E-state index contributed by atoms with van der Waals surface area (Å²) in [6.45, 7) is 6.01. The van der Waals surface area contributed by atoms with Gasteiger partial charge in [0.2, 0.25) is 5.91 Å².